The lowest BCUT2D eigenvalue weighted by Gasteiger charge is -2.30. The van der Waals surface area contributed by atoms with Crippen LogP contribution in [0.4, 0.5) is 0 Å². The summed E-state index contributed by atoms with van der Waals surface area (Å²) in [7, 11) is 0. The van der Waals surface area contributed by atoms with E-state index in [1.807, 2.05) is 45.0 Å². The van der Waals surface area contributed by atoms with Crippen molar-refractivity contribution in [3.8, 4) is 0 Å². The highest BCUT2D eigenvalue weighted by atomic mass is 35.5. The summed E-state index contributed by atoms with van der Waals surface area (Å²) >= 11 is 6.12. The maximum Gasteiger partial charge on any atom is 0.229 e. The van der Waals surface area contributed by atoms with E-state index in [0.717, 1.165) is 5.56 Å². The maximum atomic E-state index is 12.3. The molecule has 0 saturated heterocycles. The van der Waals surface area contributed by atoms with Crippen LogP contribution < -0.4 is 5.73 Å². The molecular formula is C14H22Cl2N2O. The highest BCUT2D eigenvalue weighted by Crippen LogP contribution is 2.21. The Balaban J connectivity index is 0.00000324. The smallest absolute Gasteiger partial charge is 0.229 e. The third kappa shape index (κ3) is 4.68. The first-order valence-corrected chi connectivity index (χ1v) is 6.53. The van der Waals surface area contributed by atoms with E-state index in [-0.39, 0.29) is 18.3 Å². The second kappa shape index (κ2) is 7.73. The van der Waals surface area contributed by atoms with Gasteiger partial charge in [0.2, 0.25) is 5.91 Å². The van der Waals surface area contributed by atoms with Crippen molar-refractivity contribution in [1.82, 2.24) is 4.90 Å². The van der Waals surface area contributed by atoms with Crippen molar-refractivity contribution in [3.05, 3.63) is 34.9 Å². The summed E-state index contributed by atoms with van der Waals surface area (Å²) in [5, 5.41) is 0.689. The molecule has 0 aliphatic rings. The van der Waals surface area contributed by atoms with Gasteiger partial charge in [0, 0.05) is 24.7 Å². The normalized spacial score (nSPS) is 10.8. The number of nitrogens with zero attached hydrogens (tertiary/aromatic N) is 1. The summed E-state index contributed by atoms with van der Waals surface area (Å²) in [6.45, 7) is 7.20. The third-order valence-corrected chi connectivity index (χ3v) is 3.45. The van der Waals surface area contributed by atoms with Crippen LogP contribution in [0.25, 0.3) is 0 Å². The van der Waals surface area contributed by atoms with Crippen molar-refractivity contribution < 1.29 is 4.79 Å². The summed E-state index contributed by atoms with van der Waals surface area (Å²) in [6, 6.07) is 7.58. The molecule has 0 fully saturated rings. The molecule has 108 valence electrons. The van der Waals surface area contributed by atoms with Crippen LogP contribution in [0.15, 0.2) is 24.3 Å². The predicted octanol–water partition coefficient (Wildman–Crippen LogP) is 3.10. The molecule has 0 heterocycles. The number of carbonyl (C=O) groups excluding carboxylic acids is 1. The minimum atomic E-state index is -0.530. The van der Waals surface area contributed by atoms with Gasteiger partial charge in [0.15, 0.2) is 0 Å². The van der Waals surface area contributed by atoms with Gasteiger partial charge in [-0.1, -0.05) is 29.8 Å². The molecule has 3 nitrogen and oxygen atoms in total. The zero-order valence-corrected chi connectivity index (χ0v) is 13.2. The summed E-state index contributed by atoms with van der Waals surface area (Å²) in [4.78, 5) is 14.1. The minimum absolute atomic E-state index is 0. The van der Waals surface area contributed by atoms with Crippen molar-refractivity contribution >= 4 is 29.9 Å². The molecule has 0 atom stereocenters. The molecule has 2 N–H and O–H groups in total. The van der Waals surface area contributed by atoms with Gasteiger partial charge in [-0.2, -0.15) is 0 Å². The Labute approximate surface area is 126 Å². The number of halogens is 2. The van der Waals surface area contributed by atoms with E-state index in [2.05, 4.69) is 0 Å². The lowest BCUT2D eigenvalue weighted by Crippen LogP contribution is -2.44. The van der Waals surface area contributed by atoms with Crippen LogP contribution in [0.2, 0.25) is 5.02 Å². The summed E-state index contributed by atoms with van der Waals surface area (Å²) in [6.07, 6.45) is 0. The molecule has 0 saturated carbocycles. The fraction of sp³-hybridized carbons (Fsp3) is 0.500. The van der Waals surface area contributed by atoms with Crippen LogP contribution in [-0.2, 0) is 11.3 Å². The van der Waals surface area contributed by atoms with Gasteiger partial charge in [0.05, 0.1) is 5.41 Å². The number of nitrogens with two attached hydrogens (primary N) is 1. The van der Waals surface area contributed by atoms with Gasteiger partial charge in [-0.25, -0.2) is 0 Å². The Bertz CT molecular complexity index is 422. The molecule has 1 rings (SSSR count). The SMILES string of the molecule is CCN(Cc1ccccc1Cl)C(=O)C(C)(C)CN.Cl. The molecule has 5 heteroatoms. The van der Waals surface area contributed by atoms with E-state index < -0.39 is 5.41 Å². The van der Waals surface area contributed by atoms with Crippen LogP contribution in [0.5, 0.6) is 0 Å². The van der Waals surface area contributed by atoms with Crippen LogP contribution in [0.1, 0.15) is 26.3 Å². The number of benzene rings is 1. The van der Waals surface area contributed by atoms with Gasteiger partial charge >= 0.3 is 0 Å². The summed E-state index contributed by atoms with van der Waals surface area (Å²) in [5.41, 5.74) is 6.08. The van der Waals surface area contributed by atoms with Gasteiger partial charge in [-0.3, -0.25) is 4.79 Å². The number of amides is 1. The van der Waals surface area contributed by atoms with Crippen molar-refractivity contribution in [2.45, 2.75) is 27.3 Å². The Morgan fingerprint density at radius 2 is 1.95 bits per heavy atom. The quantitative estimate of drug-likeness (QED) is 0.908. The molecule has 0 spiro atoms. The molecule has 0 aliphatic heterocycles. The van der Waals surface area contributed by atoms with E-state index >= 15 is 0 Å². The molecule has 0 aliphatic carbocycles. The Morgan fingerprint density at radius 3 is 2.42 bits per heavy atom. The first kappa shape index (κ1) is 18.2. The Morgan fingerprint density at radius 1 is 1.37 bits per heavy atom. The molecule has 1 amide bonds. The summed E-state index contributed by atoms with van der Waals surface area (Å²) < 4.78 is 0. The standard InChI is InChI=1S/C14H21ClN2O.ClH/c1-4-17(13(18)14(2,3)10-16)9-11-7-5-6-8-12(11)15;/h5-8H,4,9-10,16H2,1-3H3;1H. The van der Waals surface area contributed by atoms with E-state index in [1.54, 1.807) is 4.90 Å². The second-order valence-electron chi connectivity index (χ2n) is 5.00. The average Bonchev–Trinajstić information content (AvgIpc) is 2.37. The van der Waals surface area contributed by atoms with Gasteiger partial charge in [0.25, 0.3) is 0 Å². The fourth-order valence-corrected chi connectivity index (χ4v) is 1.87. The van der Waals surface area contributed by atoms with Crippen molar-refractivity contribution in [3.63, 3.8) is 0 Å². The van der Waals surface area contributed by atoms with Gasteiger partial charge in [0.1, 0.15) is 0 Å². The van der Waals surface area contributed by atoms with E-state index in [9.17, 15) is 4.79 Å². The lowest BCUT2D eigenvalue weighted by atomic mass is 9.91. The summed E-state index contributed by atoms with van der Waals surface area (Å²) in [5.74, 6) is 0.0624. The fourth-order valence-electron chi connectivity index (χ4n) is 1.67. The van der Waals surface area contributed by atoms with E-state index in [0.29, 0.717) is 24.7 Å². The first-order valence-electron chi connectivity index (χ1n) is 6.15. The third-order valence-electron chi connectivity index (χ3n) is 3.08. The molecule has 0 bridgehead atoms. The Kier molecular flexibility index (Phi) is 7.42. The molecule has 0 aromatic heterocycles. The van der Waals surface area contributed by atoms with Crippen molar-refractivity contribution in [1.29, 1.82) is 0 Å². The van der Waals surface area contributed by atoms with Crippen molar-refractivity contribution in [2.24, 2.45) is 11.1 Å². The molecule has 0 radical (unpaired) electrons. The van der Waals surface area contributed by atoms with Gasteiger partial charge < -0.3 is 10.6 Å². The van der Waals surface area contributed by atoms with E-state index in [4.69, 9.17) is 17.3 Å². The van der Waals surface area contributed by atoms with Crippen LogP contribution in [0.3, 0.4) is 0 Å². The van der Waals surface area contributed by atoms with Crippen LogP contribution in [0, 0.1) is 5.41 Å². The minimum Gasteiger partial charge on any atom is -0.338 e. The number of rotatable bonds is 5. The monoisotopic (exact) mass is 304 g/mol. The highest BCUT2D eigenvalue weighted by Gasteiger charge is 2.30. The largest absolute Gasteiger partial charge is 0.338 e. The second-order valence-corrected chi connectivity index (χ2v) is 5.41. The first-order chi connectivity index (χ1) is 8.42. The van der Waals surface area contributed by atoms with Crippen molar-refractivity contribution in [2.75, 3.05) is 13.1 Å². The lowest BCUT2D eigenvalue weighted by molar-refractivity contribution is -0.140. The highest BCUT2D eigenvalue weighted by molar-refractivity contribution is 6.31. The maximum absolute atomic E-state index is 12.3. The zero-order chi connectivity index (χ0) is 13.8. The molecular weight excluding hydrogens is 283 g/mol. The molecule has 0 unspecified atom stereocenters. The zero-order valence-electron chi connectivity index (χ0n) is 11.6. The molecule has 19 heavy (non-hydrogen) atoms. The predicted molar refractivity (Wildman–Crippen MR) is 82.6 cm³/mol. The average molecular weight is 305 g/mol. The number of carbonyl (C=O) groups is 1. The molecule has 1 aromatic carbocycles. The topological polar surface area (TPSA) is 46.3 Å². The number of hydrogen-bond acceptors (Lipinski definition) is 2. The number of hydrogen-bond donors (Lipinski definition) is 1. The van der Waals surface area contributed by atoms with Crippen LogP contribution in [-0.4, -0.2) is 23.9 Å². The Hall–Kier alpha value is -0.770. The molecule has 1 aromatic rings. The van der Waals surface area contributed by atoms with Gasteiger partial charge in [-0.05, 0) is 32.4 Å². The van der Waals surface area contributed by atoms with Crippen LogP contribution >= 0.6 is 24.0 Å². The van der Waals surface area contributed by atoms with E-state index in [1.165, 1.54) is 0 Å². The van der Waals surface area contributed by atoms with Gasteiger partial charge in [-0.15, -0.1) is 12.4 Å².